The Labute approximate surface area is 121 Å². The van der Waals surface area contributed by atoms with Gasteiger partial charge in [-0.1, -0.05) is 13.8 Å². The molecular formula is C13H18N6O2. The fourth-order valence-corrected chi connectivity index (χ4v) is 1.69. The van der Waals surface area contributed by atoms with E-state index in [4.69, 9.17) is 0 Å². The van der Waals surface area contributed by atoms with Crippen molar-refractivity contribution in [3.8, 4) is 5.82 Å². The Balaban J connectivity index is 2.04. The van der Waals surface area contributed by atoms with Gasteiger partial charge in [0.1, 0.15) is 19.2 Å². The molecule has 0 saturated carbocycles. The second-order valence-corrected chi connectivity index (χ2v) is 5.06. The summed E-state index contributed by atoms with van der Waals surface area (Å²) >= 11 is 0. The molecule has 2 aromatic rings. The Morgan fingerprint density at radius 2 is 2.19 bits per heavy atom. The monoisotopic (exact) mass is 290 g/mol. The van der Waals surface area contributed by atoms with Crippen molar-refractivity contribution >= 4 is 5.91 Å². The molecule has 2 aromatic heterocycles. The maximum Gasteiger partial charge on any atom is 0.267 e. The van der Waals surface area contributed by atoms with Gasteiger partial charge < -0.3 is 5.32 Å². The first-order chi connectivity index (χ1) is 10.1. The minimum atomic E-state index is -0.335. The van der Waals surface area contributed by atoms with Crippen LogP contribution in [0.2, 0.25) is 0 Å². The highest BCUT2D eigenvalue weighted by Crippen LogP contribution is 1.98. The molecule has 0 aromatic carbocycles. The number of nitrogens with zero attached hydrogens (tertiary/aromatic N) is 5. The van der Waals surface area contributed by atoms with Crippen LogP contribution in [-0.4, -0.2) is 37.0 Å². The van der Waals surface area contributed by atoms with E-state index in [0.29, 0.717) is 18.3 Å². The number of amides is 1. The number of hydrogen-bond donors (Lipinski definition) is 1. The first-order valence-corrected chi connectivity index (χ1v) is 6.76. The summed E-state index contributed by atoms with van der Waals surface area (Å²) in [6, 6.07) is 2.88. The first kappa shape index (κ1) is 14.9. The zero-order chi connectivity index (χ0) is 15.2. The standard InChI is InChI=1S/C13H18N6O2/c1-10(2)5-6-15-12(20)7-18-13(21)4-3-11(17-18)19-9-14-8-16-19/h3-4,8-10H,5-7H2,1-2H3,(H,15,20). The van der Waals surface area contributed by atoms with E-state index in [0.717, 1.165) is 11.1 Å². The van der Waals surface area contributed by atoms with Gasteiger partial charge in [0.2, 0.25) is 5.91 Å². The molecule has 112 valence electrons. The highest BCUT2D eigenvalue weighted by atomic mass is 16.2. The van der Waals surface area contributed by atoms with E-state index in [2.05, 4.69) is 34.3 Å². The SMILES string of the molecule is CC(C)CCNC(=O)Cn1nc(-n2cncn2)ccc1=O. The van der Waals surface area contributed by atoms with Crippen molar-refractivity contribution in [3.63, 3.8) is 0 Å². The van der Waals surface area contributed by atoms with E-state index in [-0.39, 0.29) is 18.0 Å². The smallest absolute Gasteiger partial charge is 0.267 e. The highest BCUT2D eigenvalue weighted by Gasteiger charge is 2.08. The topological polar surface area (TPSA) is 94.7 Å². The van der Waals surface area contributed by atoms with Crippen LogP contribution in [0.5, 0.6) is 0 Å². The predicted octanol–water partition coefficient (Wildman–Crippen LogP) is -0.0137. The molecule has 0 atom stereocenters. The molecule has 1 amide bonds. The van der Waals surface area contributed by atoms with Crippen molar-refractivity contribution in [3.05, 3.63) is 35.1 Å². The van der Waals surface area contributed by atoms with Crippen LogP contribution in [0.4, 0.5) is 0 Å². The average Bonchev–Trinajstić information content (AvgIpc) is 2.95. The van der Waals surface area contributed by atoms with Crippen LogP contribution in [0.25, 0.3) is 5.82 Å². The molecule has 0 bridgehead atoms. The summed E-state index contributed by atoms with van der Waals surface area (Å²) in [5, 5.41) is 10.8. The van der Waals surface area contributed by atoms with Gasteiger partial charge in [0.25, 0.3) is 5.56 Å². The lowest BCUT2D eigenvalue weighted by Gasteiger charge is -2.09. The van der Waals surface area contributed by atoms with Crippen LogP contribution in [0.15, 0.2) is 29.6 Å². The molecular weight excluding hydrogens is 272 g/mol. The van der Waals surface area contributed by atoms with Gasteiger partial charge in [0.05, 0.1) is 0 Å². The Morgan fingerprint density at radius 1 is 1.38 bits per heavy atom. The van der Waals surface area contributed by atoms with Crippen LogP contribution < -0.4 is 10.9 Å². The molecule has 0 aliphatic heterocycles. The van der Waals surface area contributed by atoms with Gasteiger partial charge in [-0.05, 0) is 18.4 Å². The highest BCUT2D eigenvalue weighted by molar-refractivity contribution is 5.75. The lowest BCUT2D eigenvalue weighted by molar-refractivity contribution is -0.121. The second-order valence-electron chi connectivity index (χ2n) is 5.06. The number of nitrogens with one attached hydrogen (secondary N) is 1. The molecule has 0 unspecified atom stereocenters. The Bertz CT molecular complexity index is 647. The molecule has 0 aliphatic carbocycles. The first-order valence-electron chi connectivity index (χ1n) is 6.76. The average molecular weight is 290 g/mol. The minimum absolute atomic E-state index is 0.112. The molecule has 0 aliphatic rings. The van der Waals surface area contributed by atoms with E-state index in [1.54, 1.807) is 0 Å². The molecule has 2 rings (SSSR count). The minimum Gasteiger partial charge on any atom is -0.354 e. The number of aromatic nitrogens is 5. The summed E-state index contributed by atoms with van der Waals surface area (Å²) in [7, 11) is 0. The molecule has 0 fully saturated rings. The number of hydrogen-bond acceptors (Lipinski definition) is 5. The predicted molar refractivity (Wildman–Crippen MR) is 75.9 cm³/mol. The molecule has 2 heterocycles. The van der Waals surface area contributed by atoms with Gasteiger partial charge >= 0.3 is 0 Å². The molecule has 0 spiro atoms. The third kappa shape index (κ3) is 4.23. The normalized spacial score (nSPS) is 10.8. The summed E-state index contributed by atoms with van der Waals surface area (Å²) in [5.41, 5.74) is -0.335. The maximum absolute atomic E-state index is 11.8. The van der Waals surface area contributed by atoms with E-state index < -0.39 is 0 Å². The Morgan fingerprint density at radius 3 is 2.86 bits per heavy atom. The lowest BCUT2D eigenvalue weighted by Crippen LogP contribution is -2.34. The van der Waals surface area contributed by atoms with Crippen molar-refractivity contribution in [2.45, 2.75) is 26.8 Å². The summed E-state index contributed by atoms with van der Waals surface area (Å²) in [6.07, 6.45) is 3.74. The van der Waals surface area contributed by atoms with Crippen LogP contribution in [-0.2, 0) is 11.3 Å². The van der Waals surface area contributed by atoms with E-state index >= 15 is 0 Å². The van der Waals surface area contributed by atoms with Crippen LogP contribution in [0, 0.1) is 5.92 Å². The molecule has 1 N–H and O–H groups in total. The molecule has 21 heavy (non-hydrogen) atoms. The van der Waals surface area contributed by atoms with E-state index in [1.807, 2.05) is 0 Å². The van der Waals surface area contributed by atoms with Crippen LogP contribution in [0.3, 0.4) is 0 Å². The molecule has 0 radical (unpaired) electrons. The summed E-state index contributed by atoms with van der Waals surface area (Å²) in [5.74, 6) is 0.713. The largest absolute Gasteiger partial charge is 0.354 e. The van der Waals surface area contributed by atoms with Gasteiger partial charge in [0, 0.05) is 12.6 Å². The van der Waals surface area contributed by atoms with E-state index in [9.17, 15) is 9.59 Å². The fourth-order valence-electron chi connectivity index (χ4n) is 1.69. The summed E-state index contributed by atoms with van der Waals surface area (Å²) < 4.78 is 2.54. The van der Waals surface area contributed by atoms with Gasteiger partial charge in [-0.25, -0.2) is 14.3 Å². The molecule has 8 nitrogen and oxygen atoms in total. The van der Waals surface area contributed by atoms with Gasteiger partial charge in [-0.15, -0.1) is 5.10 Å². The quantitative estimate of drug-likeness (QED) is 0.807. The molecule has 0 saturated heterocycles. The molecule has 8 heteroatoms. The van der Waals surface area contributed by atoms with Crippen molar-refractivity contribution in [1.29, 1.82) is 0 Å². The van der Waals surface area contributed by atoms with Gasteiger partial charge in [-0.2, -0.15) is 5.10 Å². The van der Waals surface area contributed by atoms with Crippen molar-refractivity contribution in [2.75, 3.05) is 6.54 Å². The zero-order valence-corrected chi connectivity index (χ0v) is 12.1. The van der Waals surface area contributed by atoms with Gasteiger partial charge in [0.15, 0.2) is 5.82 Å². The Hall–Kier alpha value is -2.51. The summed E-state index contributed by atoms with van der Waals surface area (Å²) in [4.78, 5) is 27.3. The third-order valence-corrected chi connectivity index (χ3v) is 2.84. The zero-order valence-electron chi connectivity index (χ0n) is 12.1. The lowest BCUT2D eigenvalue weighted by atomic mass is 10.1. The van der Waals surface area contributed by atoms with Crippen molar-refractivity contribution in [1.82, 2.24) is 29.9 Å². The van der Waals surface area contributed by atoms with Crippen molar-refractivity contribution < 1.29 is 4.79 Å². The fraction of sp³-hybridized carbons (Fsp3) is 0.462. The number of carbonyl (C=O) groups excluding carboxylic acids is 1. The van der Waals surface area contributed by atoms with Crippen LogP contribution in [0.1, 0.15) is 20.3 Å². The number of carbonyl (C=O) groups is 1. The number of rotatable bonds is 6. The Kier molecular flexibility index (Phi) is 4.81. The van der Waals surface area contributed by atoms with E-state index in [1.165, 1.54) is 29.5 Å². The summed E-state index contributed by atoms with van der Waals surface area (Å²) in [6.45, 7) is 4.65. The third-order valence-electron chi connectivity index (χ3n) is 2.84. The van der Waals surface area contributed by atoms with Crippen LogP contribution >= 0.6 is 0 Å². The van der Waals surface area contributed by atoms with Crippen molar-refractivity contribution in [2.24, 2.45) is 5.92 Å². The maximum atomic E-state index is 11.8. The van der Waals surface area contributed by atoms with Gasteiger partial charge in [-0.3, -0.25) is 9.59 Å². The second kappa shape index (κ2) is 6.78.